The number of hydrogen-bond acceptors (Lipinski definition) is 3. The number of carbonyl (C=O) groups is 1. The fourth-order valence-corrected chi connectivity index (χ4v) is 5.45. The summed E-state index contributed by atoms with van der Waals surface area (Å²) in [6, 6.07) is 6.65. The number of sulfone groups is 1. The molecular weight excluding hydrogens is 555 g/mol. The van der Waals surface area contributed by atoms with E-state index < -0.39 is 51.6 Å². The molecule has 2 aromatic carbocycles. The first-order chi connectivity index (χ1) is 16.4. The Morgan fingerprint density at radius 3 is 2.11 bits per heavy atom. The molecular formula is C23H21Cl2F6NO3S. The second-order valence-electron chi connectivity index (χ2n) is 8.20. The van der Waals surface area contributed by atoms with Crippen molar-refractivity contribution in [2.45, 2.75) is 38.2 Å². The zero-order valence-corrected chi connectivity index (χ0v) is 21.2. The summed E-state index contributed by atoms with van der Waals surface area (Å²) in [5.74, 6) is -5.65. The monoisotopic (exact) mass is 575 g/mol. The van der Waals surface area contributed by atoms with Crippen molar-refractivity contribution in [3.05, 3.63) is 74.8 Å². The van der Waals surface area contributed by atoms with E-state index in [1.807, 2.05) is 0 Å². The molecule has 0 saturated carbocycles. The molecule has 4 nitrogen and oxygen atoms in total. The van der Waals surface area contributed by atoms with Gasteiger partial charge in [-0.3, -0.25) is 4.79 Å². The Kier molecular flexibility index (Phi) is 9.52. The Labute approximate surface area is 214 Å². The third-order valence-corrected chi connectivity index (χ3v) is 7.05. The van der Waals surface area contributed by atoms with Gasteiger partial charge in [0, 0.05) is 21.7 Å². The Hall–Kier alpha value is -2.24. The number of halogens is 8. The fraction of sp³-hybridized carbons (Fsp3) is 0.348. The summed E-state index contributed by atoms with van der Waals surface area (Å²) in [6.45, 7) is 2.76. The number of aryl methyl sites for hydroxylation is 1. The summed E-state index contributed by atoms with van der Waals surface area (Å²) in [5, 5.41) is 2.42. The normalized spacial score (nSPS) is 14.6. The molecule has 2 unspecified atom stereocenters. The van der Waals surface area contributed by atoms with Crippen LogP contribution in [-0.2, 0) is 9.84 Å². The van der Waals surface area contributed by atoms with Crippen LogP contribution < -0.4 is 5.32 Å². The zero-order valence-electron chi connectivity index (χ0n) is 18.8. The molecule has 1 N–H and O–H groups in total. The van der Waals surface area contributed by atoms with E-state index in [1.54, 1.807) is 0 Å². The first-order valence-electron chi connectivity index (χ1n) is 10.3. The van der Waals surface area contributed by atoms with Gasteiger partial charge >= 0.3 is 12.4 Å². The number of allylic oxidation sites excluding steroid dienone is 1. The smallest absolute Gasteiger partial charge is 0.349 e. The maximum atomic E-state index is 13.7. The molecule has 1 amide bonds. The zero-order chi connectivity index (χ0) is 27.5. The second kappa shape index (κ2) is 11.4. The molecule has 36 heavy (non-hydrogen) atoms. The van der Waals surface area contributed by atoms with Gasteiger partial charge in [0.25, 0.3) is 5.91 Å². The molecule has 0 saturated heterocycles. The highest BCUT2D eigenvalue weighted by molar-refractivity contribution is 7.91. The van der Waals surface area contributed by atoms with Crippen molar-refractivity contribution in [1.29, 1.82) is 0 Å². The SMILES string of the molecule is Cc1cc(/C=C/C(c2cc(Cl)cc(Cl)c2)C(F)(F)F)ccc1C(=O)NC(C)CS(=O)(=O)CC(F)(F)F. The predicted molar refractivity (Wildman–Crippen MR) is 127 cm³/mol. The molecule has 0 spiro atoms. The largest absolute Gasteiger partial charge is 0.402 e. The number of benzene rings is 2. The minimum atomic E-state index is -4.90. The highest BCUT2D eigenvalue weighted by Crippen LogP contribution is 2.38. The highest BCUT2D eigenvalue weighted by atomic mass is 35.5. The summed E-state index contributed by atoms with van der Waals surface area (Å²) >= 11 is 11.7. The maximum Gasteiger partial charge on any atom is 0.402 e. The van der Waals surface area contributed by atoms with Gasteiger partial charge < -0.3 is 5.32 Å². The summed E-state index contributed by atoms with van der Waals surface area (Å²) < 4.78 is 101. The molecule has 2 aromatic rings. The van der Waals surface area contributed by atoms with Crippen molar-refractivity contribution in [1.82, 2.24) is 5.32 Å². The maximum absolute atomic E-state index is 13.7. The van der Waals surface area contributed by atoms with Crippen LogP contribution in [0, 0.1) is 6.92 Å². The van der Waals surface area contributed by atoms with Crippen LogP contribution in [0.15, 0.2) is 42.5 Å². The van der Waals surface area contributed by atoms with E-state index in [9.17, 15) is 39.6 Å². The van der Waals surface area contributed by atoms with Crippen LogP contribution in [0.1, 0.15) is 39.9 Å². The summed E-state index contributed by atoms with van der Waals surface area (Å²) in [6.07, 6.45) is -7.40. The fourth-order valence-electron chi connectivity index (χ4n) is 3.45. The quantitative estimate of drug-likeness (QED) is 0.354. The van der Waals surface area contributed by atoms with Gasteiger partial charge in [0.1, 0.15) is 5.75 Å². The van der Waals surface area contributed by atoms with Gasteiger partial charge in [-0.25, -0.2) is 8.42 Å². The number of rotatable bonds is 8. The van der Waals surface area contributed by atoms with E-state index in [4.69, 9.17) is 23.2 Å². The molecule has 0 aliphatic carbocycles. The third-order valence-electron chi connectivity index (χ3n) is 4.84. The van der Waals surface area contributed by atoms with Crippen molar-refractivity contribution in [2.75, 3.05) is 11.5 Å². The lowest BCUT2D eigenvalue weighted by Crippen LogP contribution is -2.39. The minimum Gasteiger partial charge on any atom is -0.349 e. The van der Waals surface area contributed by atoms with Gasteiger partial charge in [-0.15, -0.1) is 0 Å². The Bertz CT molecular complexity index is 1220. The lowest BCUT2D eigenvalue weighted by atomic mass is 9.96. The molecule has 0 bridgehead atoms. The number of alkyl halides is 6. The first kappa shape index (κ1) is 30.0. The van der Waals surface area contributed by atoms with Gasteiger partial charge in [0.15, 0.2) is 9.84 Å². The summed E-state index contributed by atoms with van der Waals surface area (Å²) in [5.41, 5.74) is 0.626. The number of nitrogens with one attached hydrogen (secondary N) is 1. The van der Waals surface area contributed by atoms with Crippen LogP contribution in [0.25, 0.3) is 6.08 Å². The van der Waals surface area contributed by atoms with Crippen molar-refractivity contribution >= 4 is 45.0 Å². The summed E-state index contributed by atoms with van der Waals surface area (Å²) in [4.78, 5) is 12.5. The molecule has 0 radical (unpaired) electrons. The van der Waals surface area contributed by atoms with Gasteiger partial charge in [-0.05, 0) is 54.8 Å². The van der Waals surface area contributed by atoms with Crippen LogP contribution in [0.3, 0.4) is 0 Å². The van der Waals surface area contributed by atoms with Crippen molar-refractivity contribution in [3.8, 4) is 0 Å². The minimum absolute atomic E-state index is 0.0480. The first-order valence-corrected chi connectivity index (χ1v) is 12.8. The average Bonchev–Trinajstić information content (AvgIpc) is 2.63. The lowest BCUT2D eigenvalue weighted by Gasteiger charge is -2.18. The van der Waals surface area contributed by atoms with E-state index in [0.29, 0.717) is 11.1 Å². The van der Waals surface area contributed by atoms with E-state index in [1.165, 1.54) is 44.2 Å². The van der Waals surface area contributed by atoms with Crippen LogP contribution in [0.5, 0.6) is 0 Å². The Morgan fingerprint density at radius 1 is 1.03 bits per heavy atom. The van der Waals surface area contributed by atoms with Crippen molar-refractivity contribution in [3.63, 3.8) is 0 Å². The molecule has 0 aliphatic rings. The van der Waals surface area contributed by atoms with Crippen LogP contribution in [0.2, 0.25) is 10.0 Å². The van der Waals surface area contributed by atoms with E-state index >= 15 is 0 Å². The Balaban J connectivity index is 2.18. The number of amides is 1. The van der Waals surface area contributed by atoms with Gasteiger partial charge in [0.05, 0.1) is 11.7 Å². The van der Waals surface area contributed by atoms with Crippen LogP contribution in [0.4, 0.5) is 26.3 Å². The molecule has 2 rings (SSSR count). The van der Waals surface area contributed by atoms with Gasteiger partial charge in [-0.1, -0.05) is 47.5 Å². The number of carbonyl (C=O) groups excluding carboxylic acids is 1. The third kappa shape index (κ3) is 9.33. The van der Waals surface area contributed by atoms with Crippen molar-refractivity contribution in [2.24, 2.45) is 0 Å². The average molecular weight is 576 g/mol. The van der Waals surface area contributed by atoms with Gasteiger partial charge in [-0.2, -0.15) is 26.3 Å². The topological polar surface area (TPSA) is 63.2 Å². The molecule has 0 fully saturated rings. The Morgan fingerprint density at radius 2 is 1.61 bits per heavy atom. The lowest BCUT2D eigenvalue weighted by molar-refractivity contribution is -0.139. The predicted octanol–water partition coefficient (Wildman–Crippen LogP) is 6.76. The van der Waals surface area contributed by atoms with E-state index in [2.05, 4.69) is 5.32 Å². The van der Waals surface area contributed by atoms with Crippen LogP contribution in [-0.4, -0.2) is 44.2 Å². The molecule has 2 atom stereocenters. The van der Waals surface area contributed by atoms with Crippen LogP contribution >= 0.6 is 23.2 Å². The van der Waals surface area contributed by atoms with E-state index in [0.717, 1.165) is 18.2 Å². The molecule has 0 aromatic heterocycles. The molecule has 198 valence electrons. The number of hydrogen-bond donors (Lipinski definition) is 1. The molecule has 0 aliphatic heterocycles. The second-order valence-corrected chi connectivity index (χ2v) is 11.2. The molecule has 13 heteroatoms. The molecule has 0 heterocycles. The highest BCUT2D eigenvalue weighted by Gasteiger charge is 2.39. The van der Waals surface area contributed by atoms with Crippen molar-refractivity contribution < 1.29 is 39.6 Å². The van der Waals surface area contributed by atoms with E-state index in [-0.39, 0.29) is 21.2 Å². The van der Waals surface area contributed by atoms with Gasteiger partial charge in [0.2, 0.25) is 0 Å². The summed E-state index contributed by atoms with van der Waals surface area (Å²) in [7, 11) is -4.50. The standard InChI is InChI=1S/C23H21Cl2F6NO3S/c1-13-7-15(4-6-20(23(29,30)31)16-8-17(24)10-18(25)9-16)3-5-19(13)21(33)32-14(2)11-36(34,35)12-22(26,27)28/h3-10,14,20H,11-12H2,1-2H3,(H,32,33)/b6-4+.